The Hall–Kier alpha value is -2.26. The molecule has 0 aromatic heterocycles. The lowest BCUT2D eigenvalue weighted by Crippen LogP contribution is -2.32. The molecule has 162 valence electrons. The predicted molar refractivity (Wildman–Crippen MR) is 114 cm³/mol. The third kappa shape index (κ3) is 10.7. The summed E-state index contributed by atoms with van der Waals surface area (Å²) in [6.07, 6.45) is 1.03. The van der Waals surface area contributed by atoms with Crippen LogP contribution in [0.25, 0.3) is 0 Å². The van der Waals surface area contributed by atoms with Gasteiger partial charge in [-0.25, -0.2) is 0 Å². The fourth-order valence-electron chi connectivity index (χ4n) is 2.33. The van der Waals surface area contributed by atoms with E-state index in [1.807, 2.05) is 12.1 Å². The number of carboxylic acid groups (broad SMARTS) is 1. The largest absolute Gasteiger partial charge is 0.481 e. The first-order valence-electron chi connectivity index (χ1n) is 10.0. The molecule has 0 aromatic carbocycles. The smallest absolute Gasteiger partial charge is 0.303 e. The van der Waals surface area contributed by atoms with Gasteiger partial charge in [0.2, 0.25) is 5.91 Å². The van der Waals surface area contributed by atoms with Gasteiger partial charge in [0, 0.05) is 27.5 Å². The number of amides is 1. The van der Waals surface area contributed by atoms with E-state index in [-0.39, 0.29) is 31.6 Å². The summed E-state index contributed by atoms with van der Waals surface area (Å²) in [5, 5.41) is 38.3. The Morgan fingerprint density at radius 3 is 1.97 bits per heavy atom. The summed E-state index contributed by atoms with van der Waals surface area (Å²) in [6.45, 7) is 12.9. The van der Waals surface area contributed by atoms with Crippen LogP contribution in [0.3, 0.4) is 0 Å². The summed E-state index contributed by atoms with van der Waals surface area (Å²) in [5.74, 6) is -1.17. The van der Waals surface area contributed by atoms with Gasteiger partial charge in [0.05, 0.1) is 12.1 Å². The number of hydrogen-bond acceptors (Lipinski definition) is 6. The van der Waals surface area contributed by atoms with Gasteiger partial charge in [-0.2, -0.15) is 20.8 Å². The molecule has 2 unspecified atom stereocenters. The molecule has 0 radical (unpaired) electrons. The second-order valence-electron chi connectivity index (χ2n) is 8.96. The molecule has 0 heterocycles. The van der Waals surface area contributed by atoms with E-state index in [1.54, 1.807) is 6.92 Å². The molecule has 9 heteroatoms. The third-order valence-corrected chi connectivity index (χ3v) is 10.3. The van der Waals surface area contributed by atoms with Gasteiger partial charge in [-0.05, 0) is 33.1 Å². The molecule has 0 saturated carbocycles. The minimum Gasteiger partial charge on any atom is -0.481 e. The first-order valence-corrected chi connectivity index (χ1v) is 13.3. The molecule has 8 nitrogen and oxygen atoms in total. The maximum absolute atomic E-state index is 12.1. The van der Waals surface area contributed by atoms with Crippen LogP contribution in [-0.4, -0.2) is 42.7 Å². The highest BCUT2D eigenvalue weighted by molar-refractivity contribution is 6.78. The average Bonchev–Trinajstić information content (AvgIpc) is 2.66. The van der Waals surface area contributed by atoms with Crippen LogP contribution in [0.4, 0.5) is 0 Å². The second kappa shape index (κ2) is 11.7. The Balaban J connectivity index is 4.62. The molecule has 2 N–H and O–H groups in total. The van der Waals surface area contributed by atoms with Crippen molar-refractivity contribution >= 4 is 20.0 Å². The number of carbonyl (C=O) groups is 2. The lowest BCUT2D eigenvalue weighted by atomic mass is 9.97. The number of carbonyl (C=O) groups excluding carboxylic acids is 1. The Kier molecular flexibility index (Phi) is 10.8. The van der Waals surface area contributed by atoms with Crippen LogP contribution >= 0.6 is 0 Å². The van der Waals surface area contributed by atoms with Crippen molar-refractivity contribution in [3.63, 3.8) is 0 Å². The van der Waals surface area contributed by atoms with E-state index in [2.05, 4.69) is 42.5 Å². The molecule has 0 aromatic rings. The van der Waals surface area contributed by atoms with Crippen LogP contribution in [0, 0.1) is 22.7 Å². The van der Waals surface area contributed by atoms with Crippen LogP contribution in [0.1, 0.15) is 59.8 Å². The highest BCUT2D eigenvalue weighted by Crippen LogP contribution is 2.26. The fraction of sp³-hybridized carbons (Fsp3) is 0.800. The average molecular weight is 422 g/mol. The number of nitriles is 2. The van der Waals surface area contributed by atoms with Crippen molar-refractivity contribution < 1.29 is 14.7 Å². The van der Waals surface area contributed by atoms with Crippen molar-refractivity contribution in [1.82, 2.24) is 5.32 Å². The molecular formula is C20H35N5O3Si. The maximum atomic E-state index is 12.1. The van der Waals surface area contributed by atoms with E-state index >= 15 is 0 Å². The zero-order valence-corrected chi connectivity index (χ0v) is 19.6. The van der Waals surface area contributed by atoms with E-state index in [0.29, 0.717) is 12.1 Å². The first-order chi connectivity index (χ1) is 13.3. The molecule has 0 saturated heterocycles. The second-order valence-corrected chi connectivity index (χ2v) is 14.6. The van der Waals surface area contributed by atoms with E-state index in [4.69, 9.17) is 5.11 Å². The molecular weight excluding hydrogens is 386 g/mol. The zero-order chi connectivity index (χ0) is 22.7. The van der Waals surface area contributed by atoms with Crippen molar-refractivity contribution in [2.75, 3.05) is 6.54 Å². The molecule has 29 heavy (non-hydrogen) atoms. The molecule has 0 aliphatic heterocycles. The molecule has 0 fully saturated rings. The zero-order valence-electron chi connectivity index (χ0n) is 18.6. The van der Waals surface area contributed by atoms with Gasteiger partial charge < -0.3 is 10.4 Å². The molecule has 0 aliphatic rings. The number of rotatable bonds is 13. The van der Waals surface area contributed by atoms with Crippen LogP contribution in [0.2, 0.25) is 24.7 Å². The Labute approximate surface area is 175 Å². The van der Waals surface area contributed by atoms with E-state index in [9.17, 15) is 20.1 Å². The topological polar surface area (TPSA) is 139 Å². The van der Waals surface area contributed by atoms with Crippen molar-refractivity contribution in [1.29, 1.82) is 10.5 Å². The Morgan fingerprint density at radius 1 is 1.07 bits per heavy atom. The van der Waals surface area contributed by atoms with Gasteiger partial charge in [0.1, 0.15) is 0 Å². The number of nitrogens with one attached hydrogen (secondary N) is 1. The highest BCUT2D eigenvalue weighted by atomic mass is 28.3. The predicted octanol–water partition coefficient (Wildman–Crippen LogP) is 4.27. The minimum absolute atomic E-state index is 0.000364. The van der Waals surface area contributed by atoms with Gasteiger partial charge >= 0.3 is 5.97 Å². The molecule has 1 amide bonds. The van der Waals surface area contributed by atoms with Crippen molar-refractivity contribution in [3.8, 4) is 12.1 Å². The lowest BCUT2D eigenvalue weighted by Gasteiger charge is -2.26. The van der Waals surface area contributed by atoms with Crippen molar-refractivity contribution in [2.45, 2.75) is 95.6 Å². The van der Waals surface area contributed by atoms with Crippen molar-refractivity contribution in [3.05, 3.63) is 0 Å². The first kappa shape index (κ1) is 26.7. The summed E-state index contributed by atoms with van der Waals surface area (Å²) < 4.78 is 0. The molecule has 0 spiro atoms. The van der Waals surface area contributed by atoms with Gasteiger partial charge in [-0.1, -0.05) is 38.5 Å². The normalized spacial score (nSPS) is 15.9. The van der Waals surface area contributed by atoms with Gasteiger partial charge in [0.15, 0.2) is 11.1 Å². The van der Waals surface area contributed by atoms with Crippen LogP contribution < -0.4 is 5.32 Å². The van der Waals surface area contributed by atoms with Gasteiger partial charge in [-0.15, -0.1) is 0 Å². The minimum atomic E-state index is -1.31. The molecule has 0 rings (SSSR count). The van der Waals surface area contributed by atoms with Crippen LogP contribution in [-0.2, 0) is 9.59 Å². The van der Waals surface area contributed by atoms with Crippen LogP contribution in [0.15, 0.2) is 10.2 Å². The number of carboxylic acids is 1. The summed E-state index contributed by atoms with van der Waals surface area (Å²) in [7, 11) is -1.24. The summed E-state index contributed by atoms with van der Waals surface area (Å²) in [4.78, 5) is 22.8. The summed E-state index contributed by atoms with van der Waals surface area (Å²) in [6, 6.07) is 5.13. The van der Waals surface area contributed by atoms with E-state index in [1.165, 1.54) is 6.92 Å². The number of aliphatic carboxylic acids is 1. The SMILES string of the molecule is CC(C)[Si](C)(C)CCCNC(=O)CCC(C)(C#N)N=NC(C)(C#N)CCC(=O)O. The number of nitrogens with zero attached hydrogens (tertiary/aromatic N) is 4. The van der Waals surface area contributed by atoms with Gasteiger partial charge in [-0.3, -0.25) is 9.59 Å². The monoisotopic (exact) mass is 421 g/mol. The number of hydrogen-bond donors (Lipinski definition) is 2. The Morgan fingerprint density at radius 2 is 1.55 bits per heavy atom. The third-order valence-electron chi connectivity index (χ3n) is 5.52. The van der Waals surface area contributed by atoms with Crippen molar-refractivity contribution in [2.24, 2.45) is 10.2 Å². The molecule has 2 atom stereocenters. The highest BCUT2D eigenvalue weighted by Gasteiger charge is 2.29. The lowest BCUT2D eigenvalue weighted by molar-refractivity contribution is -0.137. The van der Waals surface area contributed by atoms with E-state index < -0.39 is 25.1 Å². The quantitative estimate of drug-likeness (QED) is 0.260. The molecule has 0 bridgehead atoms. The Bertz CT molecular complexity index is 681. The molecule has 0 aliphatic carbocycles. The fourth-order valence-corrected chi connectivity index (χ4v) is 4.00. The number of azo groups is 1. The van der Waals surface area contributed by atoms with Gasteiger partial charge in [0.25, 0.3) is 0 Å². The standard InChI is InChI=1S/C20H35N5O3Si/c1-16(2)29(5,6)13-7-12-23-17(26)8-10-19(3,14-21)24-25-20(4,15-22)11-9-18(27)28/h16H,7-13H2,1-6H3,(H,23,26)(H,27,28). The van der Waals surface area contributed by atoms with E-state index in [0.717, 1.165) is 12.5 Å². The maximum Gasteiger partial charge on any atom is 0.303 e. The summed E-state index contributed by atoms with van der Waals surface area (Å²) in [5.41, 5.74) is -1.86. The summed E-state index contributed by atoms with van der Waals surface area (Å²) >= 11 is 0. The van der Waals surface area contributed by atoms with Crippen LogP contribution in [0.5, 0.6) is 0 Å².